The normalized spacial score (nSPS) is 19.9. The molecular formula is C18H28N8O2. The Labute approximate surface area is 164 Å². The Bertz CT molecular complexity index is 761. The maximum atomic E-state index is 10.8. The molecule has 0 bridgehead atoms. The van der Waals surface area contributed by atoms with Gasteiger partial charge in [0.25, 0.3) is 0 Å². The molecule has 10 heteroatoms. The van der Waals surface area contributed by atoms with E-state index in [4.69, 9.17) is 10.8 Å². The third-order valence-corrected chi connectivity index (χ3v) is 4.92. The topological polar surface area (TPSA) is 131 Å². The van der Waals surface area contributed by atoms with Crippen LogP contribution >= 0.6 is 0 Å². The number of benzene rings is 1. The molecule has 0 spiro atoms. The molecule has 10 nitrogen and oxygen atoms in total. The largest absolute Gasteiger partial charge is 0.508 e. The molecule has 0 fully saturated rings. The Morgan fingerprint density at radius 3 is 2.75 bits per heavy atom. The summed E-state index contributed by atoms with van der Waals surface area (Å²) < 4.78 is 0. The van der Waals surface area contributed by atoms with Gasteiger partial charge in [0, 0.05) is 11.7 Å². The molecule has 6 N–H and O–H groups in total. The minimum atomic E-state index is -0.550. The van der Waals surface area contributed by atoms with E-state index >= 15 is 0 Å². The van der Waals surface area contributed by atoms with Gasteiger partial charge in [0.05, 0.1) is 19.3 Å². The number of aromatic hydroxyl groups is 1. The molecule has 1 aromatic carbocycles. The average Bonchev–Trinajstić information content (AvgIpc) is 3.12. The quantitative estimate of drug-likeness (QED) is 0.204. The first-order valence-electron chi connectivity index (χ1n) is 9.42. The molecule has 0 saturated heterocycles. The predicted molar refractivity (Wildman–Crippen MR) is 109 cm³/mol. The Balaban J connectivity index is 1.91. The van der Waals surface area contributed by atoms with Gasteiger partial charge in [0.2, 0.25) is 0 Å². The summed E-state index contributed by atoms with van der Waals surface area (Å²) in [6.45, 7) is 6.92. The number of hydrazine groups is 1. The van der Waals surface area contributed by atoms with Crippen molar-refractivity contribution in [1.29, 1.82) is 0 Å². The number of phenolic OH excluding ortho intramolecular Hbond substituents is 1. The average molecular weight is 388 g/mol. The number of hydrogen-bond acceptors (Lipinski definition) is 10. The van der Waals surface area contributed by atoms with Crippen LogP contribution in [-0.2, 0) is 0 Å². The number of phenols is 1. The molecule has 0 saturated carbocycles. The van der Waals surface area contributed by atoms with Gasteiger partial charge in [0.1, 0.15) is 17.3 Å². The van der Waals surface area contributed by atoms with Crippen molar-refractivity contribution in [3.05, 3.63) is 40.7 Å². The highest BCUT2D eigenvalue weighted by Gasteiger charge is 2.35. The van der Waals surface area contributed by atoms with E-state index in [0.29, 0.717) is 18.9 Å². The molecule has 152 valence electrons. The van der Waals surface area contributed by atoms with Crippen molar-refractivity contribution in [3.63, 3.8) is 0 Å². The van der Waals surface area contributed by atoms with E-state index in [2.05, 4.69) is 39.9 Å². The molecule has 1 aromatic rings. The first-order valence-corrected chi connectivity index (χ1v) is 9.42. The number of anilines is 1. The molecule has 2 aliphatic heterocycles. The zero-order chi connectivity index (χ0) is 20.3. The standard InChI is InChI=1S/C18H28N8O2/c1-4-13(9-21-28)26(19)18-23-16(22-12-5-7-14(27)8-6-12)15-17(24-18)25(10-20-15)11(2)3/h5-8,11,13,18,20,24,27H,4,9-10,19H2,1-3H3,(H,22,23)/t13-,18?/m1/s1. The van der Waals surface area contributed by atoms with Crippen molar-refractivity contribution in [3.8, 4) is 5.75 Å². The summed E-state index contributed by atoms with van der Waals surface area (Å²) in [6.07, 6.45) is 0.126. The van der Waals surface area contributed by atoms with Gasteiger partial charge in [-0.15, -0.1) is 0 Å². The van der Waals surface area contributed by atoms with Crippen LogP contribution in [0.3, 0.4) is 0 Å². The van der Waals surface area contributed by atoms with E-state index in [-0.39, 0.29) is 24.4 Å². The fraction of sp³-hybridized carbons (Fsp3) is 0.500. The van der Waals surface area contributed by atoms with Crippen LogP contribution in [0.4, 0.5) is 5.69 Å². The Kier molecular flexibility index (Phi) is 6.00. The number of nitroso groups, excluding NO2 is 1. The van der Waals surface area contributed by atoms with E-state index < -0.39 is 6.29 Å². The molecule has 28 heavy (non-hydrogen) atoms. The monoisotopic (exact) mass is 388 g/mol. The highest BCUT2D eigenvalue weighted by Crippen LogP contribution is 2.24. The summed E-state index contributed by atoms with van der Waals surface area (Å²) in [7, 11) is 0. The van der Waals surface area contributed by atoms with Crippen LogP contribution < -0.4 is 21.8 Å². The van der Waals surface area contributed by atoms with Crippen molar-refractivity contribution < 1.29 is 5.11 Å². The van der Waals surface area contributed by atoms with Crippen molar-refractivity contribution in [2.45, 2.75) is 45.6 Å². The summed E-state index contributed by atoms with van der Waals surface area (Å²) in [6, 6.07) is 6.81. The van der Waals surface area contributed by atoms with Gasteiger partial charge in [-0.05, 0) is 44.5 Å². The molecule has 2 atom stereocenters. The zero-order valence-electron chi connectivity index (χ0n) is 16.4. The summed E-state index contributed by atoms with van der Waals surface area (Å²) in [4.78, 5) is 17.7. The minimum Gasteiger partial charge on any atom is -0.508 e. The van der Waals surface area contributed by atoms with Crippen LogP contribution in [-0.4, -0.2) is 52.4 Å². The van der Waals surface area contributed by atoms with Crippen molar-refractivity contribution in [2.75, 3.05) is 18.5 Å². The third kappa shape index (κ3) is 4.02. The summed E-state index contributed by atoms with van der Waals surface area (Å²) in [5.74, 6) is 8.05. The fourth-order valence-corrected chi connectivity index (χ4v) is 3.24. The molecular weight excluding hydrogens is 360 g/mol. The second-order valence-corrected chi connectivity index (χ2v) is 7.11. The fourth-order valence-electron chi connectivity index (χ4n) is 3.24. The maximum Gasteiger partial charge on any atom is 0.192 e. The van der Waals surface area contributed by atoms with E-state index in [9.17, 15) is 10.0 Å². The van der Waals surface area contributed by atoms with Crippen molar-refractivity contribution in [1.82, 2.24) is 20.5 Å². The lowest BCUT2D eigenvalue weighted by atomic mass is 10.2. The van der Waals surface area contributed by atoms with Gasteiger partial charge in [-0.2, -0.15) is 4.91 Å². The predicted octanol–water partition coefficient (Wildman–Crippen LogP) is 1.25. The van der Waals surface area contributed by atoms with Crippen LogP contribution in [0.25, 0.3) is 0 Å². The molecule has 1 unspecified atom stereocenters. The Morgan fingerprint density at radius 1 is 1.43 bits per heavy atom. The van der Waals surface area contributed by atoms with Crippen LogP contribution in [0.2, 0.25) is 0 Å². The van der Waals surface area contributed by atoms with Gasteiger partial charge in [-0.3, -0.25) is 5.84 Å². The minimum absolute atomic E-state index is 0.0967. The van der Waals surface area contributed by atoms with Gasteiger partial charge < -0.3 is 26.0 Å². The summed E-state index contributed by atoms with van der Waals surface area (Å²) in [5.41, 5.74) is 1.65. The van der Waals surface area contributed by atoms with Crippen molar-refractivity contribution in [2.24, 2.45) is 16.0 Å². The van der Waals surface area contributed by atoms with Crippen LogP contribution in [0.15, 0.2) is 46.0 Å². The molecule has 0 radical (unpaired) electrons. The smallest absolute Gasteiger partial charge is 0.192 e. The lowest BCUT2D eigenvalue weighted by Crippen LogP contribution is -2.57. The number of rotatable bonds is 7. The lowest BCUT2D eigenvalue weighted by molar-refractivity contribution is 0.111. The van der Waals surface area contributed by atoms with Crippen LogP contribution in [0.5, 0.6) is 5.75 Å². The summed E-state index contributed by atoms with van der Waals surface area (Å²) in [5, 5.41) is 24.1. The molecule has 2 heterocycles. The molecule has 0 aliphatic carbocycles. The first kappa shape index (κ1) is 19.9. The molecule has 0 amide bonds. The highest BCUT2D eigenvalue weighted by molar-refractivity contribution is 6.08. The van der Waals surface area contributed by atoms with Crippen LogP contribution in [0.1, 0.15) is 27.2 Å². The number of amidine groups is 1. The maximum absolute atomic E-state index is 10.8. The second kappa shape index (κ2) is 8.44. The van der Waals surface area contributed by atoms with E-state index in [1.807, 2.05) is 6.92 Å². The second-order valence-electron chi connectivity index (χ2n) is 7.11. The number of nitrogens with one attached hydrogen (secondary N) is 3. The van der Waals surface area contributed by atoms with Gasteiger partial charge in [-0.25, -0.2) is 10.0 Å². The van der Waals surface area contributed by atoms with Crippen LogP contribution in [0, 0.1) is 4.91 Å². The number of nitrogens with two attached hydrogens (primary N) is 1. The van der Waals surface area contributed by atoms with Gasteiger partial charge in [-0.1, -0.05) is 12.1 Å². The zero-order valence-corrected chi connectivity index (χ0v) is 16.4. The highest BCUT2D eigenvalue weighted by atomic mass is 16.3. The molecule has 0 aromatic heterocycles. The SMILES string of the molecule is CC[C@H](CN=O)N(N)C1N=C(Nc2ccc(O)cc2)C2=C(N1)N(C(C)C)CN2. The lowest BCUT2D eigenvalue weighted by Gasteiger charge is -2.36. The summed E-state index contributed by atoms with van der Waals surface area (Å²) >= 11 is 0. The van der Waals surface area contributed by atoms with E-state index in [1.165, 1.54) is 0 Å². The third-order valence-electron chi connectivity index (χ3n) is 4.92. The number of nitrogens with zero attached hydrogens (tertiary/aromatic N) is 4. The molecule has 2 aliphatic rings. The van der Waals surface area contributed by atoms with E-state index in [0.717, 1.165) is 17.2 Å². The van der Waals surface area contributed by atoms with Gasteiger partial charge >= 0.3 is 0 Å². The Hall–Kier alpha value is -2.85. The first-order chi connectivity index (χ1) is 13.4. The van der Waals surface area contributed by atoms with E-state index in [1.54, 1.807) is 29.3 Å². The number of hydrogen-bond donors (Lipinski definition) is 5. The molecule has 3 rings (SSSR count). The Morgan fingerprint density at radius 2 is 2.14 bits per heavy atom. The number of aliphatic imine (C=N–C) groups is 1. The van der Waals surface area contributed by atoms with Gasteiger partial charge in [0.15, 0.2) is 12.1 Å². The van der Waals surface area contributed by atoms with Crippen molar-refractivity contribution >= 4 is 11.5 Å².